The van der Waals surface area contributed by atoms with Crippen molar-refractivity contribution >= 4 is 23.4 Å². The molecule has 0 unspecified atom stereocenters. The third kappa shape index (κ3) is 2.15. The van der Waals surface area contributed by atoms with Crippen LogP contribution in [0.4, 0.5) is 0 Å². The van der Waals surface area contributed by atoms with Crippen LogP contribution in [0.3, 0.4) is 0 Å². The van der Waals surface area contributed by atoms with Gasteiger partial charge in [0.1, 0.15) is 5.65 Å². The highest BCUT2D eigenvalue weighted by Gasteiger charge is 2.17. The summed E-state index contributed by atoms with van der Waals surface area (Å²) in [5.74, 6) is 0.297. The molecule has 7 heteroatoms. The van der Waals surface area contributed by atoms with Crippen LogP contribution in [0.2, 0.25) is 0 Å². The number of fused-ring (bicyclic) bond motifs is 1. The summed E-state index contributed by atoms with van der Waals surface area (Å²) >= 11 is 5.25. The van der Waals surface area contributed by atoms with Gasteiger partial charge in [0.25, 0.3) is 5.56 Å². The second kappa shape index (κ2) is 5.40. The predicted molar refractivity (Wildman–Crippen MR) is 81.8 cm³/mol. The number of hydrogen-bond acceptors (Lipinski definition) is 3. The largest absolute Gasteiger partial charge is 0.332 e. The van der Waals surface area contributed by atoms with E-state index in [9.17, 15) is 9.59 Å². The Morgan fingerprint density at radius 3 is 2.20 bits per heavy atom. The highest BCUT2D eigenvalue weighted by atomic mass is 32.1. The molecule has 20 heavy (non-hydrogen) atoms. The van der Waals surface area contributed by atoms with E-state index in [2.05, 4.69) is 4.98 Å². The lowest BCUT2D eigenvalue weighted by Gasteiger charge is -2.13. The Balaban J connectivity index is 3.02. The number of aromatic amines is 1. The Morgan fingerprint density at radius 1 is 1.10 bits per heavy atom. The van der Waals surface area contributed by atoms with Crippen LogP contribution in [0, 0.1) is 10.7 Å². The van der Waals surface area contributed by atoms with Crippen molar-refractivity contribution in [1.29, 1.82) is 0 Å². The minimum Gasteiger partial charge on any atom is -0.316 e. The van der Waals surface area contributed by atoms with Crippen molar-refractivity contribution in [2.75, 3.05) is 0 Å². The lowest BCUT2D eigenvalue weighted by molar-refractivity contribution is 0.491. The summed E-state index contributed by atoms with van der Waals surface area (Å²) in [5, 5.41) is 0. The predicted octanol–water partition coefficient (Wildman–Crippen LogP) is 1.72. The van der Waals surface area contributed by atoms with E-state index in [0.717, 1.165) is 0 Å². The fourth-order valence-corrected chi connectivity index (χ4v) is 2.76. The molecule has 110 valence electrons. The average Bonchev–Trinajstić information content (AvgIpc) is 2.71. The summed E-state index contributed by atoms with van der Waals surface area (Å²) in [6.45, 7) is 9.29. The van der Waals surface area contributed by atoms with Crippen LogP contribution in [0.1, 0.15) is 27.7 Å². The maximum absolute atomic E-state index is 12.5. The molecule has 2 aromatic heterocycles. The Morgan fingerprint density at radius 2 is 1.70 bits per heavy atom. The molecule has 0 atom stereocenters. The number of hydrogen-bond donors (Lipinski definition) is 1. The van der Waals surface area contributed by atoms with E-state index in [4.69, 9.17) is 12.2 Å². The van der Waals surface area contributed by atoms with Crippen LogP contribution in [0.15, 0.2) is 9.59 Å². The first-order valence-corrected chi connectivity index (χ1v) is 7.29. The normalized spacial score (nSPS) is 11.7. The molecular weight excluding hydrogens is 276 g/mol. The van der Waals surface area contributed by atoms with Gasteiger partial charge in [-0.2, -0.15) is 0 Å². The SMILES string of the molecule is CCn1c(=O)c2c([nH]c(=S)n2CC)n(CC(C)C)c1=O. The van der Waals surface area contributed by atoms with Crippen LogP contribution in [-0.4, -0.2) is 18.7 Å². The standard InChI is InChI=1S/C13H20N4O2S/c1-5-15-9-10(14-12(15)20)17(7-8(3)4)13(19)16(6-2)11(9)18/h8H,5-7H2,1-4H3,(H,14,20). The molecule has 0 aromatic carbocycles. The van der Waals surface area contributed by atoms with Gasteiger partial charge < -0.3 is 9.55 Å². The Labute approximate surface area is 121 Å². The molecule has 0 saturated heterocycles. The molecule has 6 nitrogen and oxygen atoms in total. The highest BCUT2D eigenvalue weighted by Crippen LogP contribution is 2.10. The lowest BCUT2D eigenvalue weighted by atomic mass is 10.2. The second-order valence-corrected chi connectivity index (χ2v) is 5.59. The topological polar surface area (TPSA) is 64.7 Å². The fraction of sp³-hybridized carbons (Fsp3) is 0.615. The number of nitrogens with zero attached hydrogens (tertiary/aromatic N) is 3. The van der Waals surface area contributed by atoms with Crippen molar-refractivity contribution in [3.05, 3.63) is 25.6 Å². The van der Waals surface area contributed by atoms with Crippen molar-refractivity contribution in [3.63, 3.8) is 0 Å². The zero-order chi connectivity index (χ0) is 15.0. The fourth-order valence-electron chi connectivity index (χ4n) is 2.44. The maximum Gasteiger partial charge on any atom is 0.332 e. The molecule has 0 aliphatic carbocycles. The van der Waals surface area contributed by atoms with Crippen LogP contribution >= 0.6 is 12.2 Å². The smallest absolute Gasteiger partial charge is 0.316 e. The molecular formula is C13H20N4O2S. The zero-order valence-electron chi connectivity index (χ0n) is 12.3. The summed E-state index contributed by atoms with van der Waals surface area (Å²) in [6.07, 6.45) is 0. The lowest BCUT2D eigenvalue weighted by Crippen LogP contribution is -2.40. The summed E-state index contributed by atoms with van der Waals surface area (Å²) in [7, 11) is 0. The number of H-pyrrole nitrogens is 1. The molecule has 0 saturated carbocycles. The van der Waals surface area contributed by atoms with Crippen LogP contribution in [0.25, 0.3) is 11.2 Å². The van der Waals surface area contributed by atoms with Crippen molar-refractivity contribution in [2.24, 2.45) is 5.92 Å². The number of aryl methyl sites for hydroxylation is 1. The third-order valence-electron chi connectivity index (χ3n) is 3.32. The van der Waals surface area contributed by atoms with Crippen LogP contribution in [-0.2, 0) is 19.6 Å². The van der Waals surface area contributed by atoms with Gasteiger partial charge in [-0.1, -0.05) is 13.8 Å². The first-order chi connectivity index (χ1) is 9.42. The Bertz CT molecular complexity index is 807. The van der Waals surface area contributed by atoms with Crippen molar-refractivity contribution in [3.8, 4) is 0 Å². The van der Waals surface area contributed by atoms with Gasteiger partial charge in [-0.05, 0) is 32.0 Å². The third-order valence-corrected chi connectivity index (χ3v) is 3.65. The highest BCUT2D eigenvalue weighted by molar-refractivity contribution is 7.71. The van der Waals surface area contributed by atoms with Gasteiger partial charge in [0.05, 0.1) is 0 Å². The molecule has 0 radical (unpaired) electrons. The summed E-state index contributed by atoms with van der Waals surface area (Å²) in [4.78, 5) is 27.9. The molecule has 2 rings (SSSR count). The molecule has 2 heterocycles. The molecule has 0 amide bonds. The first kappa shape index (κ1) is 14.8. The van der Waals surface area contributed by atoms with Gasteiger partial charge in [0.2, 0.25) is 0 Å². The van der Waals surface area contributed by atoms with E-state index >= 15 is 0 Å². The maximum atomic E-state index is 12.5. The van der Waals surface area contributed by atoms with E-state index in [1.54, 1.807) is 16.1 Å². The Kier molecular flexibility index (Phi) is 3.99. The monoisotopic (exact) mass is 296 g/mol. The van der Waals surface area contributed by atoms with Gasteiger partial charge in [0, 0.05) is 19.6 Å². The molecule has 0 aliphatic rings. The van der Waals surface area contributed by atoms with Crippen molar-refractivity contribution < 1.29 is 0 Å². The number of aromatic nitrogens is 4. The molecule has 0 fully saturated rings. The van der Waals surface area contributed by atoms with Gasteiger partial charge in [0.15, 0.2) is 10.3 Å². The minimum absolute atomic E-state index is 0.276. The van der Waals surface area contributed by atoms with Crippen molar-refractivity contribution in [1.82, 2.24) is 18.7 Å². The van der Waals surface area contributed by atoms with Crippen molar-refractivity contribution in [2.45, 2.75) is 47.3 Å². The number of rotatable bonds is 4. The van der Waals surface area contributed by atoms with E-state index in [1.165, 1.54) is 4.57 Å². The van der Waals surface area contributed by atoms with Gasteiger partial charge >= 0.3 is 5.69 Å². The first-order valence-electron chi connectivity index (χ1n) is 6.88. The van der Waals surface area contributed by atoms with E-state index in [0.29, 0.717) is 41.5 Å². The average molecular weight is 296 g/mol. The van der Waals surface area contributed by atoms with E-state index in [1.807, 2.05) is 20.8 Å². The quantitative estimate of drug-likeness (QED) is 0.874. The van der Waals surface area contributed by atoms with Crippen LogP contribution < -0.4 is 11.2 Å². The van der Waals surface area contributed by atoms with Crippen LogP contribution in [0.5, 0.6) is 0 Å². The molecule has 0 aliphatic heterocycles. The van der Waals surface area contributed by atoms with Gasteiger partial charge in [-0.25, -0.2) is 4.79 Å². The molecule has 2 aromatic rings. The van der Waals surface area contributed by atoms with E-state index < -0.39 is 0 Å². The van der Waals surface area contributed by atoms with Gasteiger partial charge in [-0.15, -0.1) is 0 Å². The summed E-state index contributed by atoms with van der Waals surface area (Å²) in [6, 6.07) is 0. The van der Waals surface area contributed by atoms with Gasteiger partial charge in [-0.3, -0.25) is 13.9 Å². The minimum atomic E-state index is -0.279. The zero-order valence-corrected chi connectivity index (χ0v) is 13.1. The van der Waals surface area contributed by atoms with E-state index in [-0.39, 0.29) is 11.2 Å². The summed E-state index contributed by atoms with van der Waals surface area (Å²) < 4.78 is 5.10. The summed E-state index contributed by atoms with van der Waals surface area (Å²) in [5.41, 5.74) is 0.463. The molecule has 0 bridgehead atoms. The molecule has 0 spiro atoms. The Hall–Kier alpha value is -1.63. The second-order valence-electron chi connectivity index (χ2n) is 5.21. The number of nitrogens with one attached hydrogen (secondary N) is 1. The molecule has 1 N–H and O–H groups in total. The number of imidazole rings is 1.